The van der Waals surface area contributed by atoms with Crippen LogP contribution >= 0.6 is 0 Å². The van der Waals surface area contributed by atoms with E-state index in [1.807, 2.05) is 32.0 Å². The third-order valence-electron chi connectivity index (χ3n) is 2.34. The van der Waals surface area contributed by atoms with E-state index in [-0.39, 0.29) is 0 Å². The van der Waals surface area contributed by atoms with Gasteiger partial charge in [0.15, 0.2) is 6.10 Å². The van der Waals surface area contributed by atoms with Gasteiger partial charge in [0.2, 0.25) is 0 Å². The number of rotatable bonds is 4. The van der Waals surface area contributed by atoms with Gasteiger partial charge in [0.25, 0.3) is 0 Å². The van der Waals surface area contributed by atoms with Gasteiger partial charge in [-0.05, 0) is 31.9 Å². The van der Waals surface area contributed by atoms with Crippen molar-refractivity contribution in [3.63, 3.8) is 0 Å². The molecule has 1 atom stereocenters. The SMILES string of the molecule is Cc1ccc(C)c(CO[C@@H](C)C(=O)O)c1. The summed E-state index contributed by atoms with van der Waals surface area (Å²) in [6, 6.07) is 6.06. The molecule has 1 aromatic carbocycles. The van der Waals surface area contributed by atoms with Crippen LogP contribution in [-0.2, 0) is 16.1 Å². The van der Waals surface area contributed by atoms with E-state index in [0.29, 0.717) is 6.61 Å². The van der Waals surface area contributed by atoms with Crippen molar-refractivity contribution in [3.8, 4) is 0 Å². The maximum absolute atomic E-state index is 10.5. The van der Waals surface area contributed by atoms with Crippen molar-refractivity contribution in [1.82, 2.24) is 0 Å². The van der Waals surface area contributed by atoms with Crippen LogP contribution in [0.1, 0.15) is 23.6 Å². The molecule has 0 radical (unpaired) electrons. The fourth-order valence-electron chi connectivity index (χ4n) is 1.24. The topological polar surface area (TPSA) is 46.5 Å². The standard InChI is InChI=1S/C12H16O3/c1-8-4-5-9(2)11(6-8)7-15-10(3)12(13)14/h4-6,10H,7H2,1-3H3,(H,13,14)/t10-/m0/s1. The maximum Gasteiger partial charge on any atom is 0.332 e. The van der Waals surface area contributed by atoms with Gasteiger partial charge in [-0.3, -0.25) is 0 Å². The van der Waals surface area contributed by atoms with E-state index >= 15 is 0 Å². The molecule has 0 spiro atoms. The summed E-state index contributed by atoms with van der Waals surface area (Å²) < 4.78 is 5.23. The largest absolute Gasteiger partial charge is 0.479 e. The van der Waals surface area contributed by atoms with Gasteiger partial charge in [0.05, 0.1) is 6.61 Å². The number of hydrogen-bond donors (Lipinski definition) is 1. The normalized spacial score (nSPS) is 12.5. The number of carboxylic acids is 1. The molecule has 0 saturated carbocycles. The van der Waals surface area contributed by atoms with Crippen LogP contribution in [0, 0.1) is 13.8 Å². The van der Waals surface area contributed by atoms with Crippen molar-refractivity contribution in [2.75, 3.05) is 0 Å². The molecule has 1 rings (SSSR count). The molecule has 0 aliphatic rings. The van der Waals surface area contributed by atoms with E-state index in [2.05, 4.69) is 0 Å². The van der Waals surface area contributed by atoms with Gasteiger partial charge < -0.3 is 9.84 Å². The molecule has 15 heavy (non-hydrogen) atoms. The lowest BCUT2D eigenvalue weighted by Crippen LogP contribution is -2.19. The molecule has 0 amide bonds. The molecule has 82 valence electrons. The van der Waals surface area contributed by atoms with E-state index in [1.165, 1.54) is 6.92 Å². The predicted molar refractivity (Wildman–Crippen MR) is 57.8 cm³/mol. The number of ether oxygens (including phenoxy) is 1. The number of benzene rings is 1. The van der Waals surface area contributed by atoms with Crippen molar-refractivity contribution in [3.05, 3.63) is 34.9 Å². The molecule has 0 aliphatic carbocycles. The van der Waals surface area contributed by atoms with E-state index in [0.717, 1.165) is 16.7 Å². The molecule has 3 heteroatoms. The van der Waals surface area contributed by atoms with Crippen molar-refractivity contribution < 1.29 is 14.6 Å². The summed E-state index contributed by atoms with van der Waals surface area (Å²) in [5.74, 6) is -0.930. The fourth-order valence-corrected chi connectivity index (χ4v) is 1.24. The summed E-state index contributed by atoms with van der Waals surface area (Å²) in [7, 11) is 0. The highest BCUT2D eigenvalue weighted by Gasteiger charge is 2.11. The average molecular weight is 208 g/mol. The van der Waals surface area contributed by atoms with E-state index in [1.54, 1.807) is 0 Å². The zero-order valence-electron chi connectivity index (χ0n) is 9.28. The smallest absolute Gasteiger partial charge is 0.332 e. The van der Waals surface area contributed by atoms with Crippen molar-refractivity contribution in [1.29, 1.82) is 0 Å². The molecule has 0 unspecified atom stereocenters. The Kier molecular flexibility index (Phi) is 3.86. The van der Waals surface area contributed by atoms with Crippen molar-refractivity contribution in [2.45, 2.75) is 33.5 Å². The average Bonchev–Trinajstić information content (AvgIpc) is 2.18. The van der Waals surface area contributed by atoms with Crippen LogP contribution in [0.3, 0.4) is 0 Å². The third kappa shape index (κ3) is 3.36. The number of aryl methyl sites for hydroxylation is 2. The molecule has 0 saturated heterocycles. The number of carboxylic acid groups (broad SMARTS) is 1. The monoisotopic (exact) mass is 208 g/mol. The third-order valence-corrected chi connectivity index (χ3v) is 2.34. The first-order valence-corrected chi connectivity index (χ1v) is 4.91. The lowest BCUT2D eigenvalue weighted by molar-refractivity contribution is -0.149. The highest BCUT2D eigenvalue weighted by molar-refractivity contribution is 5.71. The molecule has 0 bridgehead atoms. The first-order valence-electron chi connectivity index (χ1n) is 4.91. The molecule has 0 aromatic heterocycles. The lowest BCUT2D eigenvalue weighted by atomic mass is 10.1. The highest BCUT2D eigenvalue weighted by atomic mass is 16.5. The lowest BCUT2D eigenvalue weighted by Gasteiger charge is -2.11. The maximum atomic E-state index is 10.5. The number of aliphatic carboxylic acids is 1. The van der Waals surface area contributed by atoms with Crippen molar-refractivity contribution >= 4 is 5.97 Å². The van der Waals surface area contributed by atoms with Gasteiger partial charge in [-0.15, -0.1) is 0 Å². The Morgan fingerprint density at radius 1 is 1.47 bits per heavy atom. The zero-order chi connectivity index (χ0) is 11.4. The minimum atomic E-state index is -0.930. The van der Waals surface area contributed by atoms with Gasteiger partial charge in [0, 0.05) is 0 Å². The van der Waals surface area contributed by atoms with E-state index < -0.39 is 12.1 Å². The van der Waals surface area contributed by atoms with Crippen molar-refractivity contribution in [2.24, 2.45) is 0 Å². The molecular formula is C12H16O3. The van der Waals surface area contributed by atoms with Gasteiger partial charge in [-0.25, -0.2) is 4.79 Å². The Balaban J connectivity index is 2.65. The summed E-state index contributed by atoms with van der Waals surface area (Å²) in [6.07, 6.45) is -0.759. The second-order valence-corrected chi connectivity index (χ2v) is 3.72. The summed E-state index contributed by atoms with van der Waals surface area (Å²) >= 11 is 0. The Morgan fingerprint density at radius 2 is 2.13 bits per heavy atom. The summed E-state index contributed by atoms with van der Waals surface area (Å²) in [6.45, 7) is 5.88. The summed E-state index contributed by atoms with van der Waals surface area (Å²) in [5.41, 5.74) is 3.32. The van der Waals surface area contributed by atoms with Gasteiger partial charge in [-0.1, -0.05) is 23.8 Å². The molecule has 0 aliphatic heterocycles. The molecule has 0 fully saturated rings. The molecule has 1 N–H and O–H groups in total. The molecule has 3 nitrogen and oxygen atoms in total. The van der Waals surface area contributed by atoms with Crippen LogP contribution < -0.4 is 0 Å². The molecular weight excluding hydrogens is 192 g/mol. The molecule has 0 heterocycles. The Bertz CT molecular complexity index is 358. The minimum Gasteiger partial charge on any atom is -0.479 e. The minimum absolute atomic E-state index is 0.348. The highest BCUT2D eigenvalue weighted by Crippen LogP contribution is 2.12. The number of carbonyl (C=O) groups is 1. The Labute approximate surface area is 89.7 Å². The van der Waals surface area contributed by atoms with Gasteiger partial charge in [-0.2, -0.15) is 0 Å². The molecule has 1 aromatic rings. The quantitative estimate of drug-likeness (QED) is 0.825. The van der Waals surface area contributed by atoms with Crippen LogP contribution in [0.4, 0.5) is 0 Å². The first-order chi connectivity index (χ1) is 7.00. The van der Waals surface area contributed by atoms with Crippen LogP contribution in [0.5, 0.6) is 0 Å². The Hall–Kier alpha value is -1.35. The van der Waals surface area contributed by atoms with Crippen LogP contribution in [0.25, 0.3) is 0 Å². The Morgan fingerprint density at radius 3 is 2.73 bits per heavy atom. The van der Waals surface area contributed by atoms with Crippen LogP contribution in [0.15, 0.2) is 18.2 Å². The van der Waals surface area contributed by atoms with Crippen LogP contribution in [-0.4, -0.2) is 17.2 Å². The first kappa shape index (κ1) is 11.7. The second-order valence-electron chi connectivity index (χ2n) is 3.72. The summed E-state index contributed by atoms with van der Waals surface area (Å²) in [5, 5.41) is 8.66. The zero-order valence-corrected chi connectivity index (χ0v) is 9.28. The van der Waals surface area contributed by atoms with Gasteiger partial charge >= 0.3 is 5.97 Å². The predicted octanol–water partition coefficient (Wildman–Crippen LogP) is 2.29. The second kappa shape index (κ2) is 4.94. The number of hydrogen-bond acceptors (Lipinski definition) is 2. The van der Waals surface area contributed by atoms with E-state index in [9.17, 15) is 4.79 Å². The fraction of sp³-hybridized carbons (Fsp3) is 0.417. The van der Waals surface area contributed by atoms with Gasteiger partial charge in [0.1, 0.15) is 0 Å². The summed E-state index contributed by atoms with van der Waals surface area (Å²) in [4.78, 5) is 10.5. The van der Waals surface area contributed by atoms with E-state index in [4.69, 9.17) is 9.84 Å². The van der Waals surface area contributed by atoms with Crippen LogP contribution in [0.2, 0.25) is 0 Å².